The van der Waals surface area contributed by atoms with E-state index in [9.17, 15) is 0 Å². The van der Waals surface area contributed by atoms with Gasteiger partial charge in [-0.25, -0.2) is 0 Å². The molecule has 0 aliphatic heterocycles. The highest BCUT2D eigenvalue weighted by Crippen LogP contribution is 2.13. The molecule has 0 radical (unpaired) electrons. The highest BCUT2D eigenvalue weighted by molar-refractivity contribution is 9.10. The molecule has 0 fully saturated rings. The molecule has 0 bridgehead atoms. The van der Waals surface area contributed by atoms with Gasteiger partial charge in [-0.1, -0.05) is 33.2 Å². The van der Waals surface area contributed by atoms with Crippen molar-refractivity contribution in [1.29, 1.82) is 0 Å². The molecule has 0 heterocycles. The van der Waals surface area contributed by atoms with Crippen molar-refractivity contribution in [2.45, 2.75) is 19.4 Å². The topological polar surface area (TPSA) is 61.8 Å². The van der Waals surface area contributed by atoms with Crippen LogP contribution in [0, 0.1) is 0 Å². The van der Waals surface area contributed by atoms with E-state index in [-0.39, 0.29) is 0 Å². The Hall–Kier alpha value is -1.07. The maximum absolute atomic E-state index is 8.41. The first-order chi connectivity index (χ1) is 8.11. The van der Waals surface area contributed by atoms with Crippen molar-refractivity contribution in [2.75, 3.05) is 13.6 Å². The van der Waals surface area contributed by atoms with E-state index in [1.165, 1.54) is 5.56 Å². The SMILES string of the molecule is CN(CCC/C(N)=N/O)Cc1cccc(Br)c1. The number of rotatable bonds is 6. The van der Waals surface area contributed by atoms with E-state index in [2.05, 4.69) is 45.2 Å². The number of benzene rings is 1. The summed E-state index contributed by atoms with van der Waals surface area (Å²) in [7, 11) is 2.06. The lowest BCUT2D eigenvalue weighted by molar-refractivity contribution is 0.311. The van der Waals surface area contributed by atoms with Gasteiger partial charge in [0.1, 0.15) is 5.84 Å². The van der Waals surface area contributed by atoms with Crippen LogP contribution in [0.1, 0.15) is 18.4 Å². The fraction of sp³-hybridized carbons (Fsp3) is 0.417. The van der Waals surface area contributed by atoms with Gasteiger partial charge in [-0.15, -0.1) is 0 Å². The van der Waals surface area contributed by atoms with Gasteiger partial charge in [-0.3, -0.25) is 0 Å². The number of amidine groups is 1. The molecule has 0 aliphatic rings. The average Bonchev–Trinajstić information content (AvgIpc) is 2.28. The summed E-state index contributed by atoms with van der Waals surface area (Å²) in [6.45, 7) is 1.82. The second kappa shape index (κ2) is 7.29. The Morgan fingerprint density at radius 3 is 2.94 bits per heavy atom. The lowest BCUT2D eigenvalue weighted by Gasteiger charge is -2.16. The molecule has 0 aromatic heterocycles. The van der Waals surface area contributed by atoms with Gasteiger partial charge in [0.2, 0.25) is 0 Å². The molecule has 94 valence electrons. The number of halogens is 1. The van der Waals surface area contributed by atoms with Crippen molar-refractivity contribution >= 4 is 21.8 Å². The van der Waals surface area contributed by atoms with E-state index >= 15 is 0 Å². The van der Waals surface area contributed by atoms with Crippen molar-refractivity contribution < 1.29 is 5.21 Å². The van der Waals surface area contributed by atoms with Crippen LogP contribution in [0.15, 0.2) is 33.9 Å². The molecule has 1 aromatic rings. The van der Waals surface area contributed by atoms with Gasteiger partial charge < -0.3 is 15.8 Å². The average molecular weight is 300 g/mol. The normalized spacial score (nSPS) is 12.1. The molecular weight excluding hydrogens is 282 g/mol. The lowest BCUT2D eigenvalue weighted by atomic mass is 10.2. The fourth-order valence-electron chi connectivity index (χ4n) is 1.61. The van der Waals surface area contributed by atoms with Crippen LogP contribution in [-0.2, 0) is 6.54 Å². The van der Waals surface area contributed by atoms with Crippen LogP contribution in [0.4, 0.5) is 0 Å². The van der Waals surface area contributed by atoms with Crippen LogP contribution in [0.3, 0.4) is 0 Å². The van der Waals surface area contributed by atoms with E-state index in [4.69, 9.17) is 10.9 Å². The monoisotopic (exact) mass is 299 g/mol. The van der Waals surface area contributed by atoms with Crippen molar-refractivity contribution in [3.8, 4) is 0 Å². The van der Waals surface area contributed by atoms with E-state index in [0.717, 1.165) is 24.0 Å². The second-order valence-corrected chi connectivity index (χ2v) is 4.98. The molecule has 4 nitrogen and oxygen atoms in total. The van der Waals surface area contributed by atoms with Crippen molar-refractivity contribution in [3.63, 3.8) is 0 Å². The Morgan fingerprint density at radius 2 is 2.29 bits per heavy atom. The zero-order valence-electron chi connectivity index (χ0n) is 9.93. The summed E-state index contributed by atoms with van der Waals surface area (Å²) in [5.41, 5.74) is 6.68. The number of oxime groups is 1. The summed E-state index contributed by atoms with van der Waals surface area (Å²) in [5, 5.41) is 11.4. The molecule has 5 heteroatoms. The second-order valence-electron chi connectivity index (χ2n) is 4.06. The lowest BCUT2D eigenvalue weighted by Crippen LogP contribution is -2.21. The first kappa shape index (κ1) is 14.0. The highest BCUT2D eigenvalue weighted by Gasteiger charge is 2.01. The maximum atomic E-state index is 8.41. The summed E-state index contributed by atoms with van der Waals surface area (Å²) in [6, 6.07) is 8.26. The molecule has 0 aliphatic carbocycles. The Labute approximate surface area is 110 Å². The minimum atomic E-state index is 0.292. The van der Waals surface area contributed by atoms with Crippen molar-refractivity contribution in [1.82, 2.24) is 4.90 Å². The van der Waals surface area contributed by atoms with Crippen LogP contribution in [0.2, 0.25) is 0 Å². The quantitative estimate of drug-likeness (QED) is 0.367. The first-order valence-electron chi connectivity index (χ1n) is 5.51. The summed E-state index contributed by atoms with van der Waals surface area (Å²) in [4.78, 5) is 2.21. The van der Waals surface area contributed by atoms with E-state index in [1.54, 1.807) is 0 Å². The van der Waals surface area contributed by atoms with E-state index < -0.39 is 0 Å². The minimum absolute atomic E-state index is 0.292. The highest BCUT2D eigenvalue weighted by atomic mass is 79.9. The van der Waals surface area contributed by atoms with E-state index in [0.29, 0.717) is 12.3 Å². The van der Waals surface area contributed by atoms with Crippen LogP contribution in [-0.4, -0.2) is 29.5 Å². The fourth-order valence-corrected chi connectivity index (χ4v) is 2.05. The number of nitrogens with two attached hydrogens (primary N) is 1. The van der Waals surface area contributed by atoms with Gasteiger partial charge in [0.25, 0.3) is 0 Å². The molecule has 1 aromatic carbocycles. The van der Waals surface area contributed by atoms with Crippen LogP contribution in [0.5, 0.6) is 0 Å². The molecule has 0 unspecified atom stereocenters. The largest absolute Gasteiger partial charge is 0.409 e. The van der Waals surface area contributed by atoms with Gasteiger partial charge in [0.15, 0.2) is 0 Å². The summed E-state index contributed by atoms with van der Waals surface area (Å²) in [6.07, 6.45) is 1.51. The number of nitrogens with zero attached hydrogens (tertiary/aromatic N) is 2. The molecule has 0 saturated heterocycles. The van der Waals surface area contributed by atoms with Crippen LogP contribution < -0.4 is 5.73 Å². The van der Waals surface area contributed by atoms with Gasteiger partial charge in [-0.2, -0.15) is 0 Å². The zero-order valence-corrected chi connectivity index (χ0v) is 11.5. The molecular formula is C12H18BrN3O. The third-order valence-corrected chi connectivity index (χ3v) is 2.94. The summed E-state index contributed by atoms with van der Waals surface area (Å²) in [5.74, 6) is 0.292. The van der Waals surface area contributed by atoms with Gasteiger partial charge in [0, 0.05) is 17.4 Å². The molecule has 17 heavy (non-hydrogen) atoms. The molecule has 0 atom stereocenters. The molecule has 0 amide bonds. The van der Waals surface area contributed by atoms with E-state index in [1.807, 2.05) is 12.1 Å². The van der Waals surface area contributed by atoms with Crippen LogP contribution >= 0.6 is 15.9 Å². The minimum Gasteiger partial charge on any atom is -0.409 e. The van der Waals surface area contributed by atoms with Gasteiger partial charge in [0.05, 0.1) is 0 Å². The molecule has 3 N–H and O–H groups in total. The third kappa shape index (κ3) is 5.70. The smallest absolute Gasteiger partial charge is 0.139 e. The standard InChI is InChI=1S/C12H18BrN3O/c1-16(7-3-6-12(14)15-17)9-10-4-2-5-11(13)8-10/h2,4-5,8,17H,3,6-7,9H2,1H3,(H2,14,15). The third-order valence-electron chi connectivity index (χ3n) is 2.44. The van der Waals surface area contributed by atoms with Crippen LogP contribution in [0.25, 0.3) is 0 Å². The number of hydrogen-bond acceptors (Lipinski definition) is 3. The predicted molar refractivity (Wildman–Crippen MR) is 73.1 cm³/mol. The number of hydrogen-bond donors (Lipinski definition) is 2. The van der Waals surface area contributed by atoms with Gasteiger partial charge >= 0.3 is 0 Å². The van der Waals surface area contributed by atoms with Crippen molar-refractivity contribution in [2.24, 2.45) is 10.9 Å². The first-order valence-corrected chi connectivity index (χ1v) is 6.30. The Bertz CT molecular complexity index is 382. The zero-order chi connectivity index (χ0) is 12.7. The molecule has 0 spiro atoms. The molecule has 1 rings (SSSR count). The Kier molecular flexibility index (Phi) is 6.00. The summed E-state index contributed by atoms with van der Waals surface area (Å²) >= 11 is 3.45. The van der Waals surface area contributed by atoms with Gasteiger partial charge in [-0.05, 0) is 37.7 Å². The predicted octanol–water partition coefficient (Wildman–Crippen LogP) is 2.41. The summed E-state index contributed by atoms with van der Waals surface area (Å²) < 4.78 is 1.10. The Balaban J connectivity index is 2.32. The van der Waals surface area contributed by atoms with Crippen molar-refractivity contribution in [3.05, 3.63) is 34.3 Å². The molecule has 0 saturated carbocycles. The maximum Gasteiger partial charge on any atom is 0.139 e. The Morgan fingerprint density at radius 1 is 1.53 bits per heavy atom.